The summed E-state index contributed by atoms with van der Waals surface area (Å²) in [6, 6.07) is 19.2. The van der Waals surface area contributed by atoms with E-state index in [1.165, 1.54) is 6.07 Å². The van der Waals surface area contributed by atoms with E-state index in [-0.39, 0.29) is 5.56 Å². The lowest BCUT2D eigenvalue weighted by atomic mass is 10.0. The minimum absolute atomic E-state index is 0.0624. The third kappa shape index (κ3) is 2.45. The zero-order valence-electron chi connectivity index (χ0n) is 11.0. The first-order valence-electron chi connectivity index (χ1n) is 6.38. The smallest absolute Gasteiger partial charge is 0.0856 e. The summed E-state index contributed by atoms with van der Waals surface area (Å²) in [4.78, 5) is 12.4. The second-order valence-corrected chi connectivity index (χ2v) is 5.98. The van der Waals surface area contributed by atoms with Gasteiger partial charge in [0.1, 0.15) is 0 Å². The van der Waals surface area contributed by atoms with Gasteiger partial charge in [0, 0.05) is 15.8 Å². The quantitative estimate of drug-likeness (QED) is 0.745. The Morgan fingerprint density at radius 1 is 0.857 bits per heavy atom. The summed E-state index contributed by atoms with van der Waals surface area (Å²) < 4.78 is 12.7. The fourth-order valence-electron chi connectivity index (χ4n) is 2.30. The van der Waals surface area contributed by atoms with Crippen molar-refractivity contribution in [3.63, 3.8) is 0 Å². The van der Waals surface area contributed by atoms with Crippen molar-refractivity contribution in [2.75, 3.05) is 0 Å². The Morgan fingerprint density at radius 2 is 1.52 bits per heavy atom. The number of rotatable bonds is 3. The van der Waals surface area contributed by atoms with Gasteiger partial charge in [0.25, 0.3) is 0 Å². The predicted molar refractivity (Wildman–Crippen MR) is 79.4 cm³/mol. The number of carbonyl (C=O) groups is 1. The zero-order valence-corrected chi connectivity index (χ0v) is 11.8. The minimum Gasteiger partial charge on any atom is -0.545 e. The Bertz CT molecular complexity index is 836. The number of benzene rings is 3. The van der Waals surface area contributed by atoms with Crippen LogP contribution in [0.2, 0.25) is 0 Å². The van der Waals surface area contributed by atoms with Crippen LogP contribution in [-0.2, 0) is 10.8 Å². The Balaban J connectivity index is 2.28. The van der Waals surface area contributed by atoms with E-state index in [0.717, 1.165) is 5.39 Å². The van der Waals surface area contributed by atoms with Crippen LogP contribution >= 0.6 is 0 Å². The van der Waals surface area contributed by atoms with Crippen molar-refractivity contribution in [1.29, 1.82) is 0 Å². The van der Waals surface area contributed by atoms with Crippen LogP contribution in [0.3, 0.4) is 0 Å². The van der Waals surface area contributed by atoms with Crippen molar-refractivity contribution in [2.45, 2.75) is 9.79 Å². The fourth-order valence-corrected chi connectivity index (χ4v) is 3.58. The van der Waals surface area contributed by atoms with Crippen molar-refractivity contribution in [2.24, 2.45) is 0 Å². The lowest BCUT2D eigenvalue weighted by molar-refractivity contribution is -0.254. The number of fused-ring (bicyclic) bond motifs is 1. The molecule has 0 aromatic heterocycles. The van der Waals surface area contributed by atoms with E-state index in [1.54, 1.807) is 54.6 Å². The summed E-state index contributed by atoms with van der Waals surface area (Å²) in [6.07, 6.45) is 0. The van der Waals surface area contributed by atoms with Crippen LogP contribution in [0, 0.1) is 0 Å². The van der Waals surface area contributed by atoms with Gasteiger partial charge in [0.05, 0.1) is 21.7 Å². The minimum atomic E-state index is -1.44. The topological polar surface area (TPSA) is 57.2 Å². The van der Waals surface area contributed by atoms with Gasteiger partial charge in [-0.25, -0.2) is 4.21 Å². The van der Waals surface area contributed by atoms with E-state index in [1.807, 2.05) is 6.07 Å². The summed E-state index contributed by atoms with van der Waals surface area (Å²) >= 11 is 0. The first kappa shape index (κ1) is 13.5. The van der Waals surface area contributed by atoms with Crippen LogP contribution in [0.4, 0.5) is 0 Å². The summed E-state index contributed by atoms with van der Waals surface area (Å²) in [5.74, 6) is -1.27. The molecular weight excluding hydrogens is 284 g/mol. The second kappa shape index (κ2) is 5.50. The maximum atomic E-state index is 12.7. The molecule has 3 nitrogen and oxygen atoms in total. The molecule has 0 heterocycles. The Kier molecular flexibility index (Phi) is 3.54. The molecule has 1 atom stereocenters. The lowest BCUT2D eigenvalue weighted by Crippen LogP contribution is -2.22. The highest BCUT2D eigenvalue weighted by Crippen LogP contribution is 2.28. The van der Waals surface area contributed by atoms with Gasteiger partial charge in [-0.1, -0.05) is 48.5 Å². The van der Waals surface area contributed by atoms with Gasteiger partial charge in [0.15, 0.2) is 0 Å². The SMILES string of the molecule is O=C([O-])c1cccc2cccc([S@](=O)c3ccccc3)c12. The molecule has 21 heavy (non-hydrogen) atoms. The van der Waals surface area contributed by atoms with Crippen LogP contribution in [0.25, 0.3) is 10.8 Å². The molecule has 3 aromatic rings. The van der Waals surface area contributed by atoms with Crippen LogP contribution in [0.5, 0.6) is 0 Å². The first-order chi connectivity index (χ1) is 10.2. The second-order valence-electron chi connectivity index (χ2n) is 4.53. The summed E-state index contributed by atoms with van der Waals surface area (Å²) in [5, 5.41) is 12.5. The van der Waals surface area contributed by atoms with Crippen LogP contribution in [0.15, 0.2) is 76.5 Å². The number of carbonyl (C=O) groups excluding carboxylic acids is 1. The van der Waals surface area contributed by atoms with Gasteiger partial charge in [-0.15, -0.1) is 0 Å². The maximum absolute atomic E-state index is 12.7. The molecule has 0 saturated carbocycles. The van der Waals surface area contributed by atoms with E-state index >= 15 is 0 Å². The molecule has 0 radical (unpaired) electrons. The molecule has 0 saturated heterocycles. The molecule has 3 aromatic carbocycles. The van der Waals surface area contributed by atoms with Gasteiger partial charge in [-0.2, -0.15) is 0 Å². The molecule has 104 valence electrons. The van der Waals surface area contributed by atoms with Crippen molar-refractivity contribution in [1.82, 2.24) is 0 Å². The molecule has 0 amide bonds. The molecule has 0 aliphatic heterocycles. The maximum Gasteiger partial charge on any atom is 0.0856 e. The van der Waals surface area contributed by atoms with Crippen LogP contribution in [-0.4, -0.2) is 10.2 Å². The molecule has 3 rings (SSSR count). The van der Waals surface area contributed by atoms with Crippen molar-refractivity contribution >= 4 is 27.5 Å². The monoisotopic (exact) mass is 295 g/mol. The van der Waals surface area contributed by atoms with Crippen molar-refractivity contribution < 1.29 is 14.1 Å². The summed E-state index contributed by atoms with van der Waals surface area (Å²) in [6.45, 7) is 0. The van der Waals surface area contributed by atoms with E-state index in [9.17, 15) is 14.1 Å². The third-order valence-electron chi connectivity index (χ3n) is 3.24. The highest BCUT2D eigenvalue weighted by molar-refractivity contribution is 7.85. The van der Waals surface area contributed by atoms with Crippen LogP contribution in [0.1, 0.15) is 10.4 Å². The molecule has 0 bridgehead atoms. The first-order valence-corrected chi connectivity index (χ1v) is 7.53. The van der Waals surface area contributed by atoms with Gasteiger partial charge in [-0.3, -0.25) is 0 Å². The largest absolute Gasteiger partial charge is 0.545 e. The highest BCUT2D eigenvalue weighted by atomic mass is 32.2. The number of hydrogen-bond donors (Lipinski definition) is 0. The number of carboxylic acid groups (broad SMARTS) is 1. The fraction of sp³-hybridized carbons (Fsp3) is 0. The number of hydrogen-bond acceptors (Lipinski definition) is 3. The Hall–Kier alpha value is -2.46. The third-order valence-corrected chi connectivity index (χ3v) is 4.68. The van der Waals surface area contributed by atoms with Crippen molar-refractivity contribution in [3.05, 3.63) is 72.3 Å². The van der Waals surface area contributed by atoms with Gasteiger partial charge in [0.2, 0.25) is 0 Å². The van der Waals surface area contributed by atoms with Gasteiger partial charge < -0.3 is 9.90 Å². The number of carboxylic acids is 1. The van der Waals surface area contributed by atoms with E-state index < -0.39 is 16.8 Å². The highest BCUT2D eigenvalue weighted by Gasteiger charge is 2.13. The molecule has 0 N–H and O–H groups in total. The van der Waals surface area contributed by atoms with Crippen LogP contribution < -0.4 is 5.11 Å². The molecule has 0 aliphatic carbocycles. The molecule has 0 aliphatic rings. The Labute approximate surface area is 124 Å². The van der Waals surface area contributed by atoms with Crippen molar-refractivity contribution in [3.8, 4) is 0 Å². The number of aromatic carboxylic acids is 1. The molecular formula is C17H11O3S-. The molecule has 0 spiro atoms. The average molecular weight is 295 g/mol. The molecule has 0 unspecified atom stereocenters. The summed E-state index contributed by atoms with van der Waals surface area (Å²) in [7, 11) is -1.44. The van der Waals surface area contributed by atoms with Gasteiger partial charge in [-0.05, 0) is 23.6 Å². The Morgan fingerprint density at radius 3 is 2.19 bits per heavy atom. The zero-order chi connectivity index (χ0) is 14.8. The predicted octanol–water partition coefficient (Wildman–Crippen LogP) is 2.37. The van der Waals surface area contributed by atoms with E-state index in [0.29, 0.717) is 15.2 Å². The van der Waals surface area contributed by atoms with Gasteiger partial charge >= 0.3 is 0 Å². The van der Waals surface area contributed by atoms with E-state index in [4.69, 9.17) is 0 Å². The summed E-state index contributed by atoms with van der Waals surface area (Å²) in [5.41, 5.74) is 0.0624. The average Bonchev–Trinajstić information content (AvgIpc) is 2.53. The van der Waals surface area contributed by atoms with E-state index in [2.05, 4.69) is 0 Å². The molecule has 4 heteroatoms. The normalized spacial score (nSPS) is 12.2. The standard InChI is InChI=1S/C17H12O3S/c18-17(19)14-10-4-6-12-7-5-11-15(16(12)14)21(20)13-8-2-1-3-9-13/h1-11H,(H,18,19)/p-1/t21-/m1/s1. The molecule has 0 fully saturated rings. The lowest BCUT2D eigenvalue weighted by Gasteiger charge is -2.12.